The number of hydrogen-bond acceptors (Lipinski definition) is 3. The van der Waals surface area contributed by atoms with Gasteiger partial charge in [0.15, 0.2) is 0 Å². The van der Waals surface area contributed by atoms with E-state index in [0.717, 1.165) is 11.1 Å². The maximum Gasteiger partial charge on any atom is 0.141 e. The fourth-order valence-corrected chi connectivity index (χ4v) is 3.24. The lowest BCUT2D eigenvalue weighted by Gasteiger charge is -2.22. The molecule has 3 aromatic rings. The number of hydrogen-bond donors (Lipinski definition) is 1. The summed E-state index contributed by atoms with van der Waals surface area (Å²) in [6, 6.07) is 3.77. The quantitative estimate of drug-likeness (QED) is 0.767. The van der Waals surface area contributed by atoms with Gasteiger partial charge in [0.1, 0.15) is 28.3 Å². The Balaban J connectivity index is 1.81. The smallest absolute Gasteiger partial charge is 0.141 e. The van der Waals surface area contributed by atoms with Crippen LogP contribution < -0.4 is 4.90 Å². The zero-order valence-electron chi connectivity index (χ0n) is 13.4. The summed E-state index contributed by atoms with van der Waals surface area (Å²) in [7, 11) is 0. The Bertz CT molecular complexity index is 971. The van der Waals surface area contributed by atoms with Gasteiger partial charge in [-0.1, -0.05) is 24.2 Å². The molecule has 1 aromatic carbocycles. The number of nitrogens with one attached hydrogen (secondary N) is 1. The highest BCUT2D eigenvalue weighted by molar-refractivity contribution is 6.30. The van der Waals surface area contributed by atoms with Crippen LogP contribution in [0, 0.1) is 18.6 Å². The van der Waals surface area contributed by atoms with Gasteiger partial charge >= 0.3 is 0 Å². The molecule has 4 rings (SSSR count). The molecule has 0 aliphatic carbocycles. The van der Waals surface area contributed by atoms with Crippen LogP contribution in [0.3, 0.4) is 0 Å². The zero-order chi connectivity index (χ0) is 17.7. The topological polar surface area (TPSA) is 49.7 Å². The molecule has 0 saturated carbocycles. The van der Waals surface area contributed by atoms with Crippen molar-refractivity contribution in [3.8, 4) is 11.3 Å². The number of anilines is 1. The Labute approximate surface area is 147 Å². The van der Waals surface area contributed by atoms with Crippen molar-refractivity contribution in [3.05, 3.63) is 58.9 Å². The monoisotopic (exact) mass is 361 g/mol. The first-order chi connectivity index (χ1) is 12.0. The molecular formula is C17H14ClF2N5. The second kappa shape index (κ2) is 5.70. The number of halogens is 3. The van der Waals surface area contributed by atoms with Gasteiger partial charge in [0, 0.05) is 17.8 Å². The highest BCUT2D eigenvalue weighted by atomic mass is 35.5. The Hall–Kier alpha value is -2.67. The van der Waals surface area contributed by atoms with Crippen molar-refractivity contribution in [1.82, 2.24) is 20.0 Å². The Morgan fingerprint density at radius 2 is 2.00 bits per heavy atom. The van der Waals surface area contributed by atoms with Gasteiger partial charge in [-0.3, -0.25) is 5.10 Å². The van der Waals surface area contributed by atoms with Crippen LogP contribution in [0.25, 0.3) is 17.0 Å². The van der Waals surface area contributed by atoms with E-state index in [0.29, 0.717) is 29.8 Å². The van der Waals surface area contributed by atoms with Crippen molar-refractivity contribution in [2.24, 2.45) is 0 Å². The molecule has 0 amide bonds. The Morgan fingerprint density at radius 3 is 2.64 bits per heavy atom. The van der Waals surface area contributed by atoms with E-state index in [4.69, 9.17) is 11.6 Å². The van der Waals surface area contributed by atoms with Crippen LogP contribution in [0.4, 0.5) is 14.6 Å². The number of rotatable bonds is 3. The Morgan fingerprint density at radius 1 is 1.28 bits per heavy atom. The van der Waals surface area contributed by atoms with Gasteiger partial charge in [-0.25, -0.2) is 13.5 Å². The second-order valence-electron chi connectivity index (χ2n) is 5.81. The molecule has 0 saturated heterocycles. The van der Waals surface area contributed by atoms with Crippen LogP contribution >= 0.6 is 11.6 Å². The molecule has 0 radical (unpaired) electrons. The molecule has 0 atom stereocenters. The van der Waals surface area contributed by atoms with Gasteiger partial charge < -0.3 is 4.90 Å². The van der Waals surface area contributed by atoms with Crippen molar-refractivity contribution in [2.75, 3.05) is 11.4 Å². The molecule has 1 aliphatic rings. The van der Waals surface area contributed by atoms with Crippen LogP contribution in [0.15, 0.2) is 31.0 Å². The second-order valence-corrected chi connectivity index (χ2v) is 6.19. The standard InChI is InChI=1S/C17H14ClF2N5/c1-9-15(22-23-16(9)18)11-8-21-25-7-6-24(17(11)25)10(2)14-12(19)4-3-5-13(14)20/h3-5,8H,2,6-7H2,1H3,(H,22,23). The number of benzene rings is 1. The minimum atomic E-state index is -0.650. The van der Waals surface area contributed by atoms with Crippen molar-refractivity contribution in [1.29, 1.82) is 0 Å². The van der Waals surface area contributed by atoms with E-state index in [1.165, 1.54) is 18.2 Å². The van der Waals surface area contributed by atoms with Crippen LogP contribution in [0.2, 0.25) is 5.15 Å². The van der Waals surface area contributed by atoms with Crippen molar-refractivity contribution >= 4 is 23.1 Å². The summed E-state index contributed by atoms with van der Waals surface area (Å²) in [6.07, 6.45) is 1.67. The van der Waals surface area contributed by atoms with E-state index in [1.54, 1.807) is 15.8 Å². The van der Waals surface area contributed by atoms with Crippen molar-refractivity contribution in [2.45, 2.75) is 13.5 Å². The first-order valence-electron chi connectivity index (χ1n) is 7.66. The first kappa shape index (κ1) is 15.8. The number of nitrogens with zero attached hydrogens (tertiary/aromatic N) is 4. The lowest BCUT2D eigenvalue weighted by atomic mass is 10.1. The van der Waals surface area contributed by atoms with Crippen LogP contribution in [-0.4, -0.2) is 26.5 Å². The molecule has 3 heterocycles. The molecule has 0 spiro atoms. The summed E-state index contributed by atoms with van der Waals surface area (Å²) in [5, 5.41) is 11.7. The summed E-state index contributed by atoms with van der Waals surface area (Å²) in [6.45, 7) is 6.86. The lowest BCUT2D eigenvalue weighted by Crippen LogP contribution is -2.20. The average molecular weight is 362 g/mol. The molecule has 8 heteroatoms. The zero-order valence-corrected chi connectivity index (χ0v) is 14.1. The van der Waals surface area contributed by atoms with E-state index < -0.39 is 11.6 Å². The molecule has 1 N–H and O–H groups in total. The normalized spacial score (nSPS) is 13.4. The summed E-state index contributed by atoms with van der Waals surface area (Å²) >= 11 is 6.06. The largest absolute Gasteiger partial charge is 0.324 e. The van der Waals surface area contributed by atoms with Gasteiger partial charge in [-0.2, -0.15) is 10.2 Å². The fourth-order valence-electron chi connectivity index (χ4n) is 3.11. The third-order valence-electron chi connectivity index (χ3n) is 4.39. The maximum atomic E-state index is 14.2. The van der Waals surface area contributed by atoms with Gasteiger partial charge in [0.2, 0.25) is 0 Å². The highest BCUT2D eigenvalue weighted by Gasteiger charge is 2.30. The molecule has 0 fully saturated rings. The number of aromatic nitrogens is 4. The third kappa shape index (κ3) is 2.34. The van der Waals surface area contributed by atoms with E-state index in [9.17, 15) is 8.78 Å². The molecule has 0 bridgehead atoms. The van der Waals surface area contributed by atoms with Crippen LogP contribution in [0.1, 0.15) is 11.1 Å². The summed E-state index contributed by atoms with van der Waals surface area (Å²) in [5.74, 6) is -0.606. The minimum absolute atomic E-state index is 0.139. The highest BCUT2D eigenvalue weighted by Crippen LogP contribution is 2.39. The minimum Gasteiger partial charge on any atom is -0.324 e. The predicted molar refractivity (Wildman–Crippen MR) is 92.3 cm³/mol. The van der Waals surface area contributed by atoms with Gasteiger partial charge in [0.05, 0.1) is 23.9 Å². The summed E-state index contributed by atoms with van der Waals surface area (Å²) in [5.41, 5.74) is 2.28. The molecule has 25 heavy (non-hydrogen) atoms. The van der Waals surface area contributed by atoms with E-state index >= 15 is 0 Å². The summed E-state index contributed by atoms with van der Waals surface area (Å²) in [4.78, 5) is 1.76. The summed E-state index contributed by atoms with van der Waals surface area (Å²) < 4.78 is 30.1. The SMILES string of the molecule is C=C(c1c(F)cccc1F)N1CCn2ncc(-c3n[nH]c(Cl)c3C)c21. The van der Waals surface area contributed by atoms with Crippen molar-refractivity contribution < 1.29 is 8.78 Å². The molecule has 128 valence electrons. The van der Waals surface area contributed by atoms with Gasteiger partial charge in [0.25, 0.3) is 0 Å². The van der Waals surface area contributed by atoms with Gasteiger partial charge in [-0.05, 0) is 19.1 Å². The Kier molecular flexibility index (Phi) is 3.61. The third-order valence-corrected chi connectivity index (χ3v) is 4.75. The van der Waals surface area contributed by atoms with E-state index in [2.05, 4.69) is 21.9 Å². The molecule has 1 aliphatic heterocycles. The van der Waals surface area contributed by atoms with Crippen LogP contribution in [-0.2, 0) is 6.54 Å². The van der Waals surface area contributed by atoms with E-state index in [1.807, 2.05) is 6.92 Å². The van der Waals surface area contributed by atoms with Crippen LogP contribution in [0.5, 0.6) is 0 Å². The average Bonchev–Trinajstić information content (AvgIpc) is 3.24. The number of aromatic amines is 1. The molecular weight excluding hydrogens is 348 g/mol. The maximum absolute atomic E-state index is 14.2. The lowest BCUT2D eigenvalue weighted by molar-refractivity contribution is 0.576. The first-order valence-corrected chi connectivity index (χ1v) is 8.04. The molecule has 0 unspecified atom stereocenters. The predicted octanol–water partition coefficient (Wildman–Crippen LogP) is 4.00. The number of fused-ring (bicyclic) bond motifs is 1. The molecule has 2 aromatic heterocycles. The van der Waals surface area contributed by atoms with E-state index in [-0.39, 0.29) is 11.3 Å². The molecule has 5 nitrogen and oxygen atoms in total. The number of H-pyrrole nitrogens is 1. The van der Waals surface area contributed by atoms with Crippen molar-refractivity contribution in [3.63, 3.8) is 0 Å². The van der Waals surface area contributed by atoms with Gasteiger partial charge in [-0.15, -0.1) is 0 Å². The fraction of sp³-hybridized carbons (Fsp3) is 0.176.